The van der Waals surface area contributed by atoms with Crippen LogP contribution >= 0.6 is 7.14 Å². The first-order valence-electron chi connectivity index (χ1n) is 3.89. The SMILES string of the molecule is CCC[P@]1(=O)CC=C(C)C1. The van der Waals surface area contributed by atoms with E-state index in [0.29, 0.717) is 0 Å². The lowest BCUT2D eigenvalue weighted by Gasteiger charge is -2.08. The topological polar surface area (TPSA) is 17.1 Å². The van der Waals surface area contributed by atoms with Crippen LogP contribution in [0.2, 0.25) is 0 Å². The van der Waals surface area contributed by atoms with E-state index in [2.05, 4.69) is 19.9 Å². The molecular formula is C8H15OP. The van der Waals surface area contributed by atoms with Gasteiger partial charge in [0.05, 0.1) is 7.14 Å². The molecule has 0 saturated heterocycles. The lowest BCUT2D eigenvalue weighted by atomic mass is 10.3. The molecule has 1 heterocycles. The number of hydrogen-bond acceptors (Lipinski definition) is 1. The Morgan fingerprint density at radius 2 is 2.40 bits per heavy atom. The second-order valence-electron chi connectivity index (χ2n) is 3.17. The fourth-order valence-corrected chi connectivity index (χ4v) is 4.45. The van der Waals surface area contributed by atoms with Crippen LogP contribution in [0.4, 0.5) is 0 Å². The second-order valence-corrected chi connectivity index (χ2v) is 6.42. The van der Waals surface area contributed by atoms with Gasteiger partial charge in [0, 0.05) is 18.5 Å². The van der Waals surface area contributed by atoms with Gasteiger partial charge < -0.3 is 4.57 Å². The average molecular weight is 158 g/mol. The van der Waals surface area contributed by atoms with Gasteiger partial charge in [-0.25, -0.2) is 0 Å². The molecule has 0 aromatic carbocycles. The molecule has 1 aliphatic heterocycles. The zero-order valence-corrected chi connectivity index (χ0v) is 7.66. The maximum Gasteiger partial charge on any atom is 0.0951 e. The molecule has 1 atom stereocenters. The summed E-state index contributed by atoms with van der Waals surface area (Å²) in [4.78, 5) is 0. The largest absolute Gasteiger partial charge is 0.323 e. The molecule has 0 aromatic heterocycles. The van der Waals surface area contributed by atoms with E-state index in [-0.39, 0.29) is 0 Å². The minimum atomic E-state index is -1.72. The predicted molar refractivity (Wildman–Crippen MR) is 46.3 cm³/mol. The Hall–Kier alpha value is -0.0300. The first-order valence-corrected chi connectivity index (χ1v) is 6.15. The molecule has 58 valence electrons. The third kappa shape index (κ3) is 1.73. The summed E-state index contributed by atoms with van der Waals surface area (Å²) < 4.78 is 11.8. The van der Waals surface area contributed by atoms with E-state index < -0.39 is 7.14 Å². The van der Waals surface area contributed by atoms with Crippen molar-refractivity contribution in [2.75, 3.05) is 18.5 Å². The minimum absolute atomic E-state index is 0.868. The molecule has 0 aromatic rings. The van der Waals surface area contributed by atoms with Crippen molar-refractivity contribution in [3.05, 3.63) is 11.6 Å². The fourth-order valence-electron chi connectivity index (χ4n) is 1.48. The van der Waals surface area contributed by atoms with Gasteiger partial charge in [-0.3, -0.25) is 0 Å². The van der Waals surface area contributed by atoms with Crippen LogP contribution in [0.25, 0.3) is 0 Å². The highest BCUT2D eigenvalue weighted by molar-refractivity contribution is 7.64. The molecule has 1 nitrogen and oxygen atoms in total. The molecule has 0 fully saturated rings. The molecule has 10 heavy (non-hydrogen) atoms. The Bertz CT molecular complexity index is 193. The molecule has 0 radical (unpaired) electrons. The molecule has 1 rings (SSSR count). The van der Waals surface area contributed by atoms with Crippen LogP contribution in [0.15, 0.2) is 11.6 Å². The van der Waals surface area contributed by atoms with Crippen molar-refractivity contribution in [2.24, 2.45) is 0 Å². The molecule has 0 bridgehead atoms. The third-order valence-electron chi connectivity index (χ3n) is 1.94. The molecule has 0 N–H and O–H groups in total. The van der Waals surface area contributed by atoms with Crippen LogP contribution in [0.5, 0.6) is 0 Å². The zero-order valence-electron chi connectivity index (χ0n) is 6.76. The van der Waals surface area contributed by atoms with Crippen molar-refractivity contribution in [3.63, 3.8) is 0 Å². The van der Waals surface area contributed by atoms with Gasteiger partial charge in [0.25, 0.3) is 0 Å². The van der Waals surface area contributed by atoms with Crippen LogP contribution in [-0.4, -0.2) is 18.5 Å². The molecule has 1 aliphatic rings. The highest BCUT2D eigenvalue weighted by Crippen LogP contribution is 2.51. The molecule has 2 heteroatoms. The Labute approximate surface area is 62.9 Å². The van der Waals surface area contributed by atoms with E-state index in [0.717, 1.165) is 24.9 Å². The van der Waals surface area contributed by atoms with Gasteiger partial charge in [0.2, 0.25) is 0 Å². The molecule has 0 aliphatic carbocycles. The van der Waals surface area contributed by atoms with Gasteiger partial charge >= 0.3 is 0 Å². The lowest BCUT2D eigenvalue weighted by Crippen LogP contribution is -1.91. The summed E-state index contributed by atoms with van der Waals surface area (Å²) in [6.07, 6.45) is 5.91. The number of rotatable bonds is 2. The fraction of sp³-hybridized carbons (Fsp3) is 0.750. The van der Waals surface area contributed by atoms with Crippen LogP contribution in [0.1, 0.15) is 20.3 Å². The average Bonchev–Trinajstić information content (AvgIpc) is 2.12. The Morgan fingerprint density at radius 3 is 2.80 bits per heavy atom. The zero-order chi connectivity index (χ0) is 7.61. The van der Waals surface area contributed by atoms with Crippen molar-refractivity contribution in [1.29, 1.82) is 0 Å². The lowest BCUT2D eigenvalue weighted by molar-refractivity contribution is 0.578. The van der Waals surface area contributed by atoms with E-state index in [1.54, 1.807) is 0 Å². The highest BCUT2D eigenvalue weighted by Gasteiger charge is 2.24. The predicted octanol–water partition coefficient (Wildman–Crippen LogP) is 2.72. The Balaban J connectivity index is 2.53. The van der Waals surface area contributed by atoms with Crippen molar-refractivity contribution >= 4 is 7.14 Å². The summed E-state index contributed by atoms with van der Waals surface area (Å²) in [7, 11) is -1.72. The third-order valence-corrected chi connectivity index (χ3v) is 5.13. The second kappa shape index (κ2) is 2.92. The highest BCUT2D eigenvalue weighted by atomic mass is 31.2. The van der Waals surface area contributed by atoms with E-state index in [1.807, 2.05) is 0 Å². The van der Waals surface area contributed by atoms with Crippen molar-refractivity contribution in [3.8, 4) is 0 Å². The quantitative estimate of drug-likeness (QED) is 0.446. The standard InChI is InChI=1S/C8H15OP/c1-3-5-10(9)6-4-8(2)7-10/h4H,3,5-7H2,1-2H3/t10-/m0/s1. The van der Waals surface area contributed by atoms with Crippen LogP contribution in [0, 0.1) is 0 Å². The molecule has 0 unspecified atom stereocenters. The van der Waals surface area contributed by atoms with Crippen molar-refractivity contribution in [1.82, 2.24) is 0 Å². The molecule has 0 spiro atoms. The summed E-state index contributed by atoms with van der Waals surface area (Å²) >= 11 is 0. The van der Waals surface area contributed by atoms with Gasteiger partial charge in [-0.2, -0.15) is 0 Å². The van der Waals surface area contributed by atoms with Gasteiger partial charge in [-0.05, 0) is 13.3 Å². The van der Waals surface area contributed by atoms with E-state index in [9.17, 15) is 4.57 Å². The maximum atomic E-state index is 11.8. The molecule has 0 amide bonds. The summed E-state index contributed by atoms with van der Waals surface area (Å²) in [5.41, 5.74) is 1.33. The first kappa shape index (κ1) is 8.07. The van der Waals surface area contributed by atoms with Crippen LogP contribution in [-0.2, 0) is 4.57 Å². The summed E-state index contributed by atoms with van der Waals surface area (Å²) in [5.74, 6) is 0. The summed E-state index contributed by atoms with van der Waals surface area (Å²) in [6.45, 7) is 4.18. The van der Waals surface area contributed by atoms with Crippen LogP contribution in [0.3, 0.4) is 0 Å². The van der Waals surface area contributed by atoms with E-state index >= 15 is 0 Å². The minimum Gasteiger partial charge on any atom is -0.323 e. The normalized spacial score (nSPS) is 32.4. The Kier molecular flexibility index (Phi) is 2.36. The van der Waals surface area contributed by atoms with E-state index in [1.165, 1.54) is 5.57 Å². The number of hydrogen-bond donors (Lipinski definition) is 0. The Morgan fingerprint density at radius 1 is 1.70 bits per heavy atom. The monoisotopic (exact) mass is 158 g/mol. The smallest absolute Gasteiger partial charge is 0.0951 e. The van der Waals surface area contributed by atoms with Gasteiger partial charge in [-0.1, -0.05) is 18.6 Å². The molecular weight excluding hydrogens is 143 g/mol. The summed E-state index contributed by atoms with van der Waals surface area (Å²) in [5, 5.41) is 0. The first-order chi connectivity index (χ1) is 4.66. The van der Waals surface area contributed by atoms with E-state index in [4.69, 9.17) is 0 Å². The van der Waals surface area contributed by atoms with Crippen molar-refractivity contribution in [2.45, 2.75) is 20.3 Å². The maximum absolute atomic E-state index is 11.8. The van der Waals surface area contributed by atoms with Crippen molar-refractivity contribution < 1.29 is 4.57 Å². The van der Waals surface area contributed by atoms with Crippen LogP contribution < -0.4 is 0 Å². The van der Waals surface area contributed by atoms with Gasteiger partial charge in [0.1, 0.15) is 0 Å². The molecule has 0 saturated carbocycles. The summed E-state index contributed by atoms with van der Waals surface area (Å²) in [6, 6.07) is 0. The van der Waals surface area contributed by atoms with Gasteiger partial charge in [0.15, 0.2) is 0 Å². The van der Waals surface area contributed by atoms with Gasteiger partial charge in [-0.15, -0.1) is 0 Å². The number of allylic oxidation sites excluding steroid dienone is 2.